The molecule has 11 aromatic rings. The minimum Gasteiger partial charge on any atom is -0.456 e. The largest absolute Gasteiger partial charge is 0.456 e. The summed E-state index contributed by atoms with van der Waals surface area (Å²) in [6, 6.07) is 67.6. The predicted octanol–water partition coefficient (Wildman–Crippen LogP) is 15.7. The molecule has 3 nitrogen and oxygen atoms in total. The summed E-state index contributed by atoms with van der Waals surface area (Å²) in [4.78, 5) is 2.42. The Morgan fingerprint density at radius 3 is 2.05 bits per heavy atom. The van der Waals surface area contributed by atoms with Gasteiger partial charge in [0.1, 0.15) is 22.3 Å². The first kappa shape index (κ1) is 32.8. The number of hydrogen-bond donors (Lipinski definition) is 0. The van der Waals surface area contributed by atoms with Crippen LogP contribution in [-0.4, -0.2) is 0 Å². The molecular weight excluding hydrogens is 707 g/mol. The van der Waals surface area contributed by atoms with Crippen LogP contribution in [0.2, 0.25) is 0 Å². The number of anilines is 3. The van der Waals surface area contributed by atoms with Crippen LogP contribution in [0.5, 0.6) is 0 Å². The first-order chi connectivity index (χ1) is 28.5. The van der Waals surface area contributed by atoms with Crippen LogP contribution in [0.4, 0.5) is 17.1 Å². The zero-order chi connectivity index (χ0) is 38.5. The van der Waals surface area contributed by atoms with E-state index in [4.69, 9.17) is 8.83 Å². The number of benzene rings is 9. The Labute approximate surface area is 336 Å². The molecule has 1 aliphatic rings. The highest BCUT2D eigenvalue weighted by Gasteiger charge is 2.36. The Bertz CT molecular complexity index is 3440. The van der Waals surface area contributed by atoms with Crippen LogP contribution in [0.3, 0.4) is 0 Å². The number of fused-ring (bicyclic) bond motifs is 10. The smallest absolute Gasteiger partial charge is 0.144 e. The van der Waals surface area contributed by atoms with Crippen molar-refractivity contribution >= 4 is 71.7 Å². The summed E-state index contributed by atoms with van der Waals surface area (Å²) in [7, 11) is 0. The number of furan rings is 2. The van der Waals surface area contributed by atoms with E-state index >= 15 is 0 Å². The first-order valence-corrected chi connectivity index (χ1v) is 20.0. The van der Waals surface area contributed by atoms with Gasteiger partial charge in [-0.25, -0.2) is 0 Å². The standard InChI is InChI=1S/C55H37NO2/c1-55(2)45-22-10-8-20-41(45)42-29-28-40(32-46(42)55)56(39-19-12-18-37(31-39)34-14-4-3-5-15-34)47-23-13-25-49-52(47)44-33-50-53(43-21-9-11-24-48(43)57-50)51(54(44)58-49)38-27-26-35-16-6-7-17-36(35)30-38/h3-33H,1-2H3. The van der Waals surface area contributed by atoms with E-state index in [1.54, 1.807) is 0 Å². The second-order valence-corrected chi connectivity index (χ2v) is 16.1. The molecule has 9 aromatic carbocycles. The van der Waals surface area contributed by atoms with Gasteiger partial charge in [0.25, 0.3) is 0 Å². The van der Waals surface area contributed by atoms with E-state index in [1.807, 2.05) is 6.07 Å². The van der Waals surface area contributed by atoms with Crippen LogP contribution in [0.15, 0.2) is 197 Å². The van der Waals surface area contributed by atoms with Crippen molar-refractivity contribution in [1.29, 1.82) is 0 Å². The zero-order valence-corrected chi connectivity index (χ0v) is 32.2. The van der Waals surface area contributed by atoms with Gasteiger partial charge in [-0.05, 0) is 104 Å². The SMILES string of the molecule is CC1(C)c2ccccc2-c2ccc(N(c3cccc(-c4ccccc4)c3)c3cccc4oc5c(-c6ccc7ccccc7c6)c6c(cc5c34)oc3ccccc36)cc21. The molecule has 58 heavy (non-hydrogen) atoms. The van der Waals surface area contributed by atoms with Crippen LogP contribution in [0, 0.1) is 0 Å². The highest BCUT2D eigenvalue weighted by Crippen LogP contribution is 2.53. The fourth-order valence-electron chi connectivity index (χ4n) is 9.67. The molecule has 1 aliphatic carbocycles. The zero-order valence-electron chi connectivity index (χ0n) is 32.2. The molecule has 3 heteroatoms. The lowest BCUT2D eigenvalue weighted by Crippen LogP contribution is -2.16. The molecule has 2 heterocycles. The summed E-state index contributed by atoms with van der Waals surface area (Å²) in [5, 5.41) is 6.57. The summed E-state index contributed by atoms with van der Waals surface area (Å²) in [6.07, 6.45) is 0. The number of rotatable bonds is 5. The monoisotopic (exact) mass is 743 g/mol. The molecule has 0 spiro atoms. The molecule has 0 radical (unpaired) electrons. The molecule has 0 unspecified atom stereocenters. The van der Waals surface area contributed by atoms with E-state index in [0.29, 0.717) is 0 Å². The molecule has 0 amide bonds. The topological polar surface area (TPSA) is 29.5 Å². The lowest BCUT2D eigenvalue weighted by Gasteiger charge is -2.29. The predicted molar refractivity (Wildman–Crippen MR) is 242 cm³/mol. The number of nitrogens with zero attached hydrogens (tertiary/aromatic N) is 1. The second-order valence-electron chi connectivity index (χ2n) is 16.1. The van der Waals surface area contributed by atoms with E-state index in [1.165, 1.54) is 38.6 Å². The van der Waals surface area contributed by atoms with E-state index in [9.17, 15) is 0 Å². The molecular formula is C55H37NO2. The number of hydrogen-bond acceptors (Lipinski definition) is 3. The first-order valence-electron chi connectivity index (χ1n) is 20.0. The van der Waals surface area contributed by atoms with Crippen molar-refractivity contribution in [2.75, 3.05) is 4.90 Å². The van der Waals surface area contributed by atoms with Crippen molar-refractivity contribution in [3.8, 4) is 33.4 Å². The Morgan fingerprint density at radius 1 is 0.414 bits per heavy atom. The van der Waals surface area contributed by atoms with Crippen LogP contribution in [0.1, 0.15) is 25.0 Å². The molecule has 0 fully saturated rings. The van der Waals surface area contributed by atoms with Gasteiger partial charge in [0, 0.05) is 38.5 Å². The van der Waals surface area contributed by atoms with Gasteiger partial charge in [0.15, 0.2) is 0 Å². The summed E-state index contributed by atoms with van der Waals surface area (Å²) in [6.45, 7) is 4.69. The van der Waals surface area contributed by atoms with Crippen molar-refractivity contribution in [3.63, 3.8) is 0 Å². The Balaban J connectivity index is 1.16. The maximum absolute atomic E-state index is 7.11. The van der Waals surface area contributed by atoms with Crippen molar-refractivity contribution < 1.29 is 8.83 Å². The molecule has 12 rings (SSSR count). The Morgan fingerprint density at radius 2 is 1.14 bits per heavy atom. The third kappa shape index (κ3) is 4.80. The second kappa shape index (κ2) is 12.3. The molecule has 0 N–H and O–H groups in total. The van der Waals surface area contributed by atoms with E-state index < -0.39 is 0 Å². The third-order valence-corrected chi connectivity index (χ3v) is 12.4. The highest BCUT2D eigenvalue weighted by molar-refractivity contribution is 6.26. The van der Waals surface area contributed by atoms with Gasteiger partial charge in [-0.3, -0.25) is 0 Å². The fourth-order valence-corrected chi connectivity index (χ4v) is 9.67. The maximum atomic E-state index is 7.11. The van der Waals surface area contributed by atoms with Crippen LogP contribution in [-0.2, 0) is 5.41 Å². The third-order valence-electron chi connectivity index (χ3n) is 12.4. The van der Waals surface area contributed by atoms with Crippen molar-refractivity contribution in [2.45, 2.75) is 19.3 Å². The highest BCUT2D eigenvalue weighted by atomic mass is 16.3. The van der Waals surface area contributed by atoms with Crippen LogP contribution >= 0.6 is 0 Å². The maximum Gasteiger partial charge on any atom is 0.144 e. The summed E-state index contributed by atoms with van der Waals surface area (Å²) in [5.74, 6) is 0. The Kier molecular flexibility index (Phi) is 6.98. The lowest BCUT2D eigenvalue weighted by atomic mass is 9.82. The van der Waals surface area contributed by atoms with E-state index in [-0.39, 0.29) is 5.41 Å². The average molecular weight is 744 g/mol. The molecule has 0 aliphatic heterocycles. The molecule has 0 bridgehead atoms. The van der Waals surface area contributed by atoms with E-state index in [0.717, 1.165) is 77.6 Å². The quantitative estimate of drug-likeness (QED) is 0.176. The molecule has 0 saturated carbocycles. The Hall–Kier alpha value is -7.36. The van der Waals surface area contributed by atoms with Gasteiger partial charge in [-0.15, -0.1) is 0 Å². The fraction of sp³-hybridized carbons (Fsp3) is 0.0545. The minimum absolute atomic E-state index is 0.157. The summed E-state index contributed by atoms with van der Waals surface area (Å²) < 4.78 is 13.8. The van der Waals surface area contributed by atoms with Gasteiger partial charge >= 0.3 is 0 Å². The van der Waals surface area contributed by atoms with Gasteiger partial charge < -0.3 is 13.7 Å². The average Bonchev–Trinajstić information content (AvgIpc) is 3.91. The molecule has 2 aromatic heterocycles. The minimum atomic E-state index is -0.157. The van der Waals surface area contributed by atoms with Gasteiger partial charge in [-0.2, -0.15) is 0 Å². The lowest BCUT2D eigenvalue weighted by molar-refractivity contribution is 0.660. The van der Waals surface area contributed by atoms with E-state index in [2.05, 4.69) is 201 Å². The normalized spacial score (nSPS) is 13.1. The van der Waals surface area contributed by atoms with Crippen LogP contribution in [0.25, 0.3) is 88.0 Å². The number of para-hydroxylation sites is 1. The molecule has 0 atom stereocenters. The van der Waals surface area contributed by atoms with Crippen molar-refractivity contribution in [3.05, 3.63) is 199 Å². The van der Waals surface area contributed by atoms with Gasteiger partial charge in [0.05, 0.1) is 11.1 Å². The van der Waals surface area contributed by atoms with Gasteiger partial charge in [0.2, 0.25) is 0 Å². The van der Waals surface area contributed by atoms with Crippen molar-refractivity contribution in [1.82, 2.24) is 0 Å². The summed E-state index contributed by atoms with van der Waals surface area (Å²) >= 11 is 0. The van der Waals surface area contributed by atoms with Crippen molar-refractivity contribution in [2.24, 2.45) is 0 Å². The molecule has 0 saturated heterocycles. The summed E-state index contributed by atoms with van der Waals surface area (Å²) in [5.41, 5.74) is 16.2. The van der Waals surface area contributed by atoms with Gasteiger partial charge in [-0.1, -0.05) is 147 Å². The molecule has 274 valence electrons. The van der Waals surface area contributed by atoms with Crippen LogP contribution < -0.4 is 4.90 Å².